The first-order valence-corrected chi connectivity index (χ1v) is 17.6. The summed E-state index contributed by atoms with van der Waals surface area (Å²) >= 11 is 0. The van der Waals surface area contributed by atoms with E-state index in [9.17, 15) is 0 Å². The standard InChI is InChI=1S/C47H28N4O2/c1-3-15-29(16-4-1)43-49-44(30-17-5-2-6-18-30)51-45(50-43)32-20-14-24-36-41(32)31-19-13-21-33(46-48-37-25-9-12-28-40(37)53-46)42(31)47(36)34-22-7-10-26-38(34)52-39-27-11-8-23-35(39)47/h1-28H. The summed E-state index contributed by atoms with van der Waals surface area (Å²) in [6.45, 7) is 0. The quantitative estimate of drug-likeness (QED) is 0.184. The molecule has 0 N–H and O–H groups in total. The topological polar surface area (TPSA) is 73.9 Å². The first-order chi connectivity index (χ1) is 26.3. The van der Waals surface area contributed by atoms with Gasteiger partial charge in [-0.15, -0.1) is 0 Å². The molecule has 7 aromatic carbocycles. The Kier molecular flexibility index (Phi) is 6.36. The first-order valence-electron chi connectivity index (χ1n) is 17.6. The van der Waals surface area contributed by atoms with E-state index in [-0.39, 0.29) is 0 Å². The van der Waals surface area contributed by atoms with Crippen LogP contribution in [0.3, 0.4) is 0 Å². The van der Waals surface area contributed by atoms with Gasteiger partial charge in [0.05, 0.1) is 5.41 Å². The highest BCUT2D eigenvalue weighted by Crippen LogP contribution is 2.65. The zero-order valence-electron chi connectivity index (χ0n) is 28.3. The molecular formula is C47H28N4O2. The molecule has 0 unspecified atom stereocenters. The number of ether oxygens (including phenoxy) is 1. The number of nitrogens with zero attached hydrogens (tertiary/aromatic N) is 4. The number of para-hydroxylation sites is 4. The van der Waals surface area contributed by atoms with Gasteiger partial charge in [-0.2, -0.15) is 0 Å². The molecule has 6 heteroatoms. The molecule has 2 aliphatic rings. The Morgan fingerprint density at radius 1 is 0.396 bits per heavy atom. The Morgan fingerprint density at radius 2 is 0.925 bits per heavy atom. The lowest BCUT2D eigenvalue weighted by atomic mass is 9.65. The van der Waals surface area contributed by atoms with E-state index in [0.29, 0.717) is 23.4 Å². The number of rotatable bonds is 4. The fourth-order valence-corrected chi connectivity index (χ4v) is 8.29. The molecule has 0 saturated carbocycles. The minimum Gasteiger partial charge on any atom is -0.457 e. The Morgan fingerprint density at radius 3 is 1.60 bits per heavy atom. The summed E-state index contributed by atoms with van der Waals surface area (Å²) in [5.41, 5.74) is 10.8. The van der Waals surface area contributed by atoms with E-state index in [4.69, 9.17) is 29.1 Å². The van der Waals surface area contributed by atoms with Crippen LogP contribution in [0.25, 0.3) is 67.8 Å². The second-order valence-corrected chi connectivity index (χ2v) is 13.3. The number of hydrogen-bond donors (Lipinski definition) is 0. The van der Waals surface area contributed by atoms with Crippen LogP contribution in [-0.2, 0) is 5.41 Å². The number of benzene rings is 7. The van der Waals surface area contributed by atoms with Gasteiger partial charge in [0.25, 0.3) is 0 Å². The van der Waals surface area contributed by atoms with E-state index in [2.05, 4.69) is 72.8 Å². The average Bonchev–Trinajstić information content (AvgIpc) is 3.80. The molecule has 1 spiro atoms. The van der Waals surface area contributed by atoms with E-state index in [1.54, 1.807) is 0 Å². The molecule has 3 heterocycles. The van der Waals surface area contributed by atoms with E-state index >= 15 is 0 Å². The third-order valence-corrected chi connectivity index (χ3v) is 10.4. The Bertz CT molecular complexity index is 2750. The first kappa shape index (κ1) is 29.5. The van der Waals surface area contributed by atoms with Crippen LogP contribution in [0.5, 0.6) is 11.5 Å². The maximum Gasteiger partial charge on any atom is 0.227 e. The Hall–Kier alpha value is -7.18. The lowest BCUT2D eigenvalue weighted by molar-refractivity contribution is 0.436. The second-order valence-electron chi connectivity index (χ2n) is 13.3. The molecule has 0 amide bonds. The van der Waals surface area contributed by atoms with Gasteiger partial charge in [-0.05, 0) is 52.6 Å². The summed E-state index contributed by atoms with van der Waals surface area (Å²) in [4.78, 5) is 20.5. The summed E-state index contributed by atoms with van der Waals surface area (Å²) in [6, 6.07) is 57.7. The van der Waals surface area contributed by atoms with Crippen molar-refractivity contribution in [2.24, 2.45) is 0 Å². The molecule has 1 aliphatic heterocycles. The molecule has 0 radical (unpaired) electrons. The summed E-state index contributed by atoms with van der Waals surface area (Å²) in [5, 5.41) is 0. The van der Waals surface area contributed by atoms with Crippen molar-refractivity contribution < 1.29 is 9.15 Å². The SMILES string of the molecule is c1ccc(-c2nc(-c3ccccc3)nc(-c3cccc4c3-c3cccc(-c5nc6ccccc6o5)c3C43c4ccccc4Oc4ccccc43)n2)cc1. The van der Waals surface area contributed by atoms with Gasteiger partial charge in [0, 0.05) is 33.4 Å². The fourth-order valence-electron chi connectivity index (χ4n) is 8.29. The molecule has 53 heavy (non-hydrogen) atoms. The molecule has 9 aromatic rings. The van der Waals surface area contributed by atoms with Crippen molar-refractivity contribution >= 4 is 11.1 Å². The highest BCUT2D eigenvalue weighted by atomic mass is 16.5. The summed E-state index contributed by atoms with van der Waals surface area (Å²) in [7, 11) is 0. The van der Waals surface area contributed by atoms with E-state index in [0.717, 1.165) is 78.2 Å². The van der Waals surface area contributed by atoms with Gasteiger partial charge in [-0.25, -0.2) is 19.9 Å². The van der Waals surface area contributed by atoms with Crippen molar-refractivity contribution in [2.75, 3.05) is 0 Å². The summed E-state index contributed by atoms with van der Waals surface area (Å²) < 4.78 is 13.2. The third-order valence-electron chi connectivity index (χ3n) is 10.4. The van der Waals surface area contributed by atoms with Gasteiger partial charge in [0.15, 0.2) is 23.1 Å². The minimum absolute atomic E-state index is 0.566. The summed E-state index contributed by atoms with van der Waals surface area (Å²) in [6.07, 6.45) is 0. The van der Waals surface area contributed by atoms with Gasteiger partial charge in [0.2, 0.25) is 5.89 Å². The third kappa shape index (κ3) is 4.33. The molecule has 2 aromatic heterocycles. The molecule has 11 rings (SSSR count). The zero-order valence-corrected chi connectivity index (χ0v) is 28.3. The molecular weight excluding hydrogens is 653 g/mol. The average molecular weight is 681 g/mol. The smallest absolute Gasteiger partial charge is 0.227 e. The monoisotopic (exact) mass is 680 g/mol. The molecule has 1 aliphatic carbocycles. The Balaban J connectivity index is 1.27. The summed E-state index contributed by atoms with van der Waals surface area (Å²) in [5.74, 6) is 4.00. The van der Waals surface area contributed by atoms with Crippen molar-refractivity contribution in [1.29, 1.82) is 0 Å². The fraction of sp³-hybridized carbons (Fsp3) is 0.0213. The predicted octanol–water partition coefficient (Wildman–Crippen LogP) is 11.1. The number of oxazole rings is 1. The molecule has 0 atom stereocenters. The number of fused-ring (bicyclic) bond motifs is 10. The van der Waals surface area contributed by atoms with Crippen LogP contribution in [-0.4, -0.2) is 19.9 Å². The van der Waals surface area contributed by atoms with Crippen LogP contribution in [0.4, 0.5) is 0 Å². The lowest BCUT2D eigenvalue weighted by Crippen LogP contribution is -2.32. The maximum absolute atomic E-state index is 6.66. The van der Waals surface area contributed by atoms with Crippen LogP contribution in [0, 0.1) is 0 Å². The molecule has 0 bridgehead atoms. The van der Waals surface area contributed by atoms with Crippen LogP contribution in [0.15, 0.2) is 174 Å². The van der Waals surface area contributed by atoms with Gasteiger partial charge < -0.3 is 9.15 Å². The van der Waals surface area contributed by atoms with Crippen LogP contribution in [0.1, 0.15) is 22.3 Å². The second kappa shape index (κ2) is 11.4. The maximum atomic E-state index is 6.66. The molecule has 6 nitrogen and oxygen atoms in total. The normalized spacial score (nSPS) is 13.2. The minimum atomic E-state index is -0.777. The number of hydrogen-bond acceptors (Lipinski definition) is 6. The predicted molar refractivity (Wildman–Crippen MR) is 207 cm³/mol. The highest BCUT2D eigenvalue weighted by molar-refractivity contribution is 5.99. The lowest BCUT2D eigenvalue weighted by Gasteiger charge is -2.40. The van der Waals surface area contributed by atoms with E-state index < -0.39 is 5.41 Å². The number of aromatic nitrogens is 4. The van der Waals surface area contributed by atoms with Gasteiger partial charge in [-0.1, -0.05) is 140 Å². The molecule has 0 saturated heterocycles. The van der Waals surface area contributed by atoms with Gasteiger partial charge >= 0.3 is 0 Å². The zero-order chi connectivity index (χ0) is 34.9. The van der Waals surface area contributed by atoms with Crippen LogP contribution >= 0.6 is 0 Å². The van der Waals surface area contributed by atoms with Crippen LogP contribution < -0.4 is 4.74 Å². The van der Waals surface area contributed by atoms with Gasteiger partial charge in [-0.3, -0.25) is 0 Å². The van der Waals surface area contributed by atoms with Crippen molar-refractivity contribution in [1.82, 2.24) is 19.9 Å². The highest BCUT2D eigenvalue weighted by Gasteiger charge is 2.53. The van der Waals surface area contributed by atoms with Crippen molar-refractivity contribution in [3.63, 3.8) is 0 Å². The largest absolute Gasteiger partial charge is 0.457 e. The Labute approximate surface area is 305 Å². The van der Waals surface area contributed by atoms with E-state index in [1.807, 2.05) is 97.1 Å². The molecule has 248 valence electrons. The van der Waals surface area contributed by atoms with Gasteiger partial charge in [0.1, 0.15) is 17.0 Å². The van der Waals surface area contributed by atoms with Crippen molar-refractivity contribution in [3.05, 3.63) is 192 Å². The van der Waals surface area contributed by atoms with Crippen molar-refractivity contribution in [3.8, 4) is 68.2 Å². The van der Waals surface area contributed by atoms with Crippen LogP contribution in [0.2, 0.25) is 0 Å². The van der Waals surface area contributed by atoms with Crippen molar-refractivity contribution in [2.45, 2.75) is 5.41 Å². The van der Waals surface area contributed by atoms with E-state index in [1.165, 1.54) is 0 Å². The molecule has 0 fully saturated rings.